The van der Waals surface area contributed by atoms with Gasteiger partial charge in [0, 0.05) is 13.2 Å². The van der Waals surface area contributed by atoms with Crippen molar-refractivity contribution in [3.8, 4) is 0 Å². The average Bonchev–Trinajstić information content (AvgIpc) is 2.51. The Morgan fingerprint density at radius 1 is 0.875 bits per heavy atom. The van der Waals surface area contributed by atoms with Crippen molar-refractivity contribution >= 4 is 5.97 Å². The first-order valence-corrected chi connectivity index (χ1v) is 8.94. The summed E-state index contributed by atoms with van der Waals surface area (Å²) < 4.78 is 37.2. The second-order valence-electron chi connectivity index (χ2n) is 5.74. The Morgan fingerprint density at radius 2 is 1.25 bits per heavy atom. The highest BCUT2D eigenvalue weighted by molar-refractivity contribution is 5.73. The fraction of sp³-hybridized carbons (Fsp3) is 0.941. The zero-order chi connectivity index (χ0) is 18.7. The number of alkyl halides is 3. The molecule has 0 saturated heterocycles. The van der Waals surface area contributed by atoms with Crippen LogP contribution in [0.2, 0.25) is 0 Å². The van der Waals surface area contributed by atoms with Crippen LogP contribution in [0.1, 0.15) is 77.6 Å². The Bertz CT molecular complexity index is 260. The second kappa shape index (κ2) is 18.5. The number of hydrogen-bond acceptors (Lipinski definition) is 3. The predicted octanol–water partition coefficient (Wildman–Crippen LogP) is 4.91. The molecule has 0 heterocycles. The van der Waals surface area contributed by atoms with E-state index in [4.69, 9.17) is 20.4 Å². The van der Waals surface area contributed by atoms with E-state index >= 15 is 0 Å². The van der Waals surface area contributed by atoms with E-state index < -0.39 is 12.1 Å². The summed E-state index contributed by atoms with van der Waals surface area (Å²) in [7, 11) is 0. The molecule has 24 heavy (non-hydrogen) atoms. The number of ether oxygens (including phenoxy) is 1. The molecule has 0 aliphatic rings. The summed E-state index contributed by atoms with van der Waals surface area (Å²) >= 11 is 0. The summed E-state index contributed by atoms with van der Waals surface area (Å²) in [5.41, 5.74) is 5.39. The van der Waals surface area contributed by atoms with E-state index in [1.54, 1.807) is 0 Å². The van der Waals surface area contributed by atoms with E-state index in [1.165, 1.54) is 64.2 Å². The zero-order valence-electron chi connectivity index (χ0n) is 14.9. The third kappa shape index (κ3) is 23.4. The minimum atomic E-state index is -5.08. The maximum Gasteiger partial charge on any atom is 0.490 e. The van der Waals surface area contributed by atoms with Gasteiger partial charge < -0.3 is 15.6 Å². The summed E-state index contributed by atoms with van der Waals surface area (Å²) in [5.74, 6) is -2.76. The van der Waals surface area contributed by atoms with Gasteiger partial charge in [-0.3, -0.25) is 0 Å². The Balaban J connectivity index is 0. The number of carboxylic acid groups (broad SMARTS) is 1. The van der Waals surface area contributed by atoms with Crippen molar-refractivity contribution in [3.05, 3.63) is 0 Å². The molecule has 3 N–H and O–H groups in total. The molecule has 0 rings (SSSR count). The van der Waals surface area contributed by atoms with Crippen LogP contribution >= 0.6 is 0 Å². The number of halogens is 3. The van der Waals surface area contributed by atoms with Crippen molar-refractivity contribution < 1.29 is 27.8 Å². The van der Waals surface area contributed by atoms with E-state index in [9.17, 15) is 13.2 Å². The van der Waals surface area contributed by atoms with Gasteiger partial charge in [0.2, 0.25) is 0 Å². The molecular formula is C17H34F3NO3. The minimum Gasteiger partial charge on any atom is -0.475 e. The molecular weight excluding hydrogens is 323 g/mol. The molecule has 0 aliphatic heterocycles. The molecule has 0 spiro atoms. The van der Waals surface area contributed by atoms with Crippen molar-refractivity contribution in [1.82, 2.24) is 0 Å². The number of rotatable bonds is 14. The van der Waals surface area contributed by atoms with Crippen LogP contribution in [0.5, 0.6) is 0 Å². The first-order valence-electron chi connectivity index (χ1n) is 8.94. The Labute approximate surface area is 143 Å². The molecule has 0 aromatic carbocycles. The lowest BCUT2D eigenvalue weighted by molar-refractivity contribution is -0.192. The third-order valence-electron chi connectivity index (χ3n) is 3.38. The smallest absolute Gasteiger partial charge is 0.475 e. The Kier molecular flexibility index (Phi) is 19.6. The van der Waals surface area contributed by atoms with Gasteiger partial charge in [-0.15, -0.1) is 0 Å². The number of carbonyl (C=O) groups is 1. The van der Waals surface area contributed by atoms with E-state index in [2.05, 4.69) is 6.92 Å². The van der Waals surface area contributed by atoms with Crippen LogP contribution in [0, 0.1) is 0 Å². The van der Waals surface area contributed by atoms with Gasteiger partial charge in [-0.05, 0) is 19.4 Å². The quantitative estimate of drug-likeness (QED) is 0.433. The molecule has 0 aromatic heterocycles. The van der Waals surface area contributed by atoms with Gasteiger partial charge in [-0.1, -0.05) is 64.7 Å². The standard InChI is InChI=1S/C15H33NO.C2HF3O2/c1-2-3-4-5-6-7-8-9-10-11-14-17-15-12-13-16;3-2(4,5)1(6)7/h2-16H2,1H3;(H,6,7). The average molecular weight is 357 g/mol. The van der Waals surface area contributed by atoms with Gasteiger partial charge in [0.1, 0.15) is 0 Å². The van der Waals surface area contributed by atoms with Crippen molar-refractivity contribution in [1.29, 1.82) is 0 Å². The Morgan fingerprint density at radius 3 is 1.62 bits per heavy atom. The van der Waals surface area contributed by atoms with Crippen LogP contribution in [-0.4, -0.2) is 37.0 Å². The summed E-state index contributed by atoms with van der Waals surface area (Å²) in [6.07, 6.45) is 9.77. The molecule has 0 unspecified atom stereocenters. The van der Waals surface area contributed by atoms with Crippen LogP contribution in [0.3, 0.4) is 0 Å². The molecule has 0 aromatic rings. The first kappa shape index (κ1) is 25.4. The van der Waals surface area contributed by atoms with Crippen molar-refractivity contribution in [2.24, 2.45) is 5.73 Å². The highest BCUT2D eigenvalue weighted by Crippen LogP contribution is 2.13. The highest BCUT2D eigenvalue weighted by atomic mass is 19.4. The van der Waals surface area contributed by atoms with E-state index in [-0.39, 0.29) is 0 Å². The molecule has 0 bridgehead atoms. The number of carboxylic acids is 1. The molecule has 0 atom stereocenters. The molecule has 7 heteroatoms. The lowest BCUT2D eigenvalue weighted by Gasteiger charge is -2.03. The second-order valence-corrected chi connectivity index (χ2v) is 5.74. The summed E-state index contributed by atoms with van der Waals surface area (Å²) in [6.45, 7) is 4.79. The Hall–Kier alpha value is -0.820. The number of unbranched alkanes of at least 4 members (excludes halogenated alkanes) is 9. The van der Waals surface area contributed by atoms with Gasteiger partial charge in [0.15, 0.2) is 0 Å². The lowest BCUT2D eigenvalue weighted by Crippen LogP contribution is -2.21. The molecule has 4 nitrogen and oxygen atoms in total. The van der Waals surface area contributed by atoms with Crippen molar-refractivity contribution in [3.63, 3.8) is 0 Å². The number of hydrogen-bond donors (Lipinski definition) is 2. The topological polar surface area (TPSA) is 72.5 Å². The van der Waals surface area contributed by atoms with E-state index in [0.717, 1.165) is 26.2 Å². The van der Waals surface area contributed by atoms with Gasteiger partial charge in [-0.25, -0.2) is 4.79 Å². The van der Waals surface area contributed by atoms with Crippen molar-refractivity contribution in [2.45, 2.75) is 83.7 Å². The molecule has 0 radical (unpaired) electrons. The van der Waals surface area contributed by atoms with Gasteiger partial charge >= 0.3 is 12.1 Å². The lowest BCUT2D eigenvalue weighted by atomic mass is 10.1. The van der Waals surface area contributed by atoms with E-state index in [1.807, 2.05) is 0 Å². The fourth-order valence-corrected chi connectivity index (χ4v) is 1.98. The predicted molar refractivity (Wildman–Crippen MR) is 90.0 cm³/mol. The van der Waals surface area contributed by atoms with Crippen LogP contribution < -0.4 is 5.73 Å². The van der Waals surface area contributed by atoms with E-state index in [0.29, 0.717) is 0 Å². The van der Waals surface area contributed by atoms with Crippen LogP contribution in [0.15, 0.2) is 0 Å². The number of aliphatic carboxylic acids is 1. The fourth-order valence-electron chi connectivity index (χ4n) is 1.98. The molecule has 146 valence electrons. The van der Waals surface area contributed by atoms with Gasteiger partial charge in [-0.2, -0.15) is 13.2 Å². The zero-order valence-corrected chi connectivity index (χ0v) is 14.9. The largest absolute Gasteiger partial charge is 0.490 e. The molecule has 0 aliphatic carbocycles. The SMILES string of the molecule is CCCCCCCCCCCCOCCCN.O=C(O)C(F)(F)F. The van der Waals surface area contributed by atoms with Crippen LogP contribution in [0.25, 0.3) is 0 Å². The maximum atomic E-state index is 10.6. The molecule has 0 amide bonds. The summed E-state index contributed by atoms with van der Waals surface area (Å²) in [6, 6.07) is 0. The first-order chi connectivity index (χ1) is 11.4. The molecule has 0 saturated carbocycles. The summed E-state index contributed by atoms with van der Waals surface area (Å²) in [5, 5.41) is 7.12. The normalized spacial score (nSPS) is 11.0. The summed E-state index contributed by atoms with van der Waals surface area (Å²) in [4.78, 5) is 8.90. The van der Waals surface area contributed by atoms with Gasteiger partial charge in [0.05, 0.1) is 0 Å². The maximum absolute atomic E-state index is 10.6. The minimum absolute atomic E-state index is 0.748. The third-order valence-corrected chi connectivity index (χ3v) is 3.38. The van der Waals surface area contributed by atoms with Gasteiger partial charge in [0.25, 0.3) is 0 Å². The van der Waals surface area contributed by atoms with Crippen molar-refractivity contribution in [2.75, 3.05) is 19.8 Å². The van der Waals surface area contributed by atoms with Crippen LogP contribution in [0.4, 0.5) is 13.2 Å². The highest BCUT2D eigenvalue weighted by Gasteiger charge is 2.38. The number of nitrogens with two attached hydrogens (primary N) is 1. The van der Waals surface area contributed by atoms with Crippen LogP contribution in [-0.2, 0) is 9.53 Å². The molecule has 0 fully saturated rings. The monoisotopic (exact) mass is 357 g/mol.